The number of nitrogens with zero attached hydrogens (tertiary/aromatic N) is 5. The minimum atomic E-state index is -0.623. The van der Waals surface area contributed by atoms with Crippen LogP contribution in [0.25, 0.3) is 16.9 Å². The van der Waals surface area contributed by atoms with Gasteiger partial charge in [-0.15, -0.1) is 0 Å². The van der Waals surface area contributed by atoms with Crippen LogP contribution in [0.4, 0.5) is 5.69 Å². The van der Waals surface area contributed by atoms with Gasteiger partial charge in [0.25, 0.3) is 0 Å². The summed E-state index contributed by atoms with van der Waals surface area (Å²) in [4.78, 5) is 18.0. The first-order valence-electron chi connectivity index (χ1n) is 5.92. The molecule has 0 bridgehead atoms. The van der Waals surface area contributed by atoms with Crippen molar-refractivity contribution in [2.45, 2.75) is 0 Å². The van der Waals surface area contributed by atoms with Gasteiger partial charge < -0.3 is 0 Å². The maximum Gasteiger partial charge on any atom is 0.350 e. The van der Waals surface area contributed by atoms with Gasteiger partial charge >= 0.3 is 5.69 Å². The average Bonchev–Trinajstić information content (AvgIpc) is 2.97. The van der Waals surface area contributed by atoms with Gasteiger partial charge in [0.15, 0.2) is 0 Å². The molecule has 0 saturated heterocycles. The minimum absolute atomic E-state index is 0.0298. The van der Waals surface area contributed by atoms with E-state index in [2.05, 4.69) is 15.1 Å². The van der Waals surface area contributed by atoms with Crippen molar-refractivity contribution in [3.63, 3.8) is 0 Å². The van der Waals surface area contributed by atoms with Gasteiger partial charge in [0.1, 0.15) is 6.33 Å². The lowest BCUT2D eigenvalue weighted by atomic mass is 10.1. The summed E-state index contributed by atoms with van der Waals surface area (Å²) in [6.45, 7) is 0. The van der Waals surface area contributed by atoms with E-state index in [1.807, 2.05) is 30.3 Å². The third kappa shape index (κ3) is 2.46. The number of halogens is 1. The highest BCUT2D eigenvalue weighted by Crippen LogP contribution is 2.28. The molecule has 0 unspecified atom stereocenters. The lowest BCUT2D eigenvalue weighted by Crippen LogP contribution is -2.04. The standard InChI is InChI=1S/C13H8ClN5O2/c14-12-11(19(20)21)13(16-8-15-12)18-7-10(6-17-18)9-4-2-1-3-5-9/h1-8H. The van der Waals surface area contributed by atoms with E-state index in [1.54, 1.807) is 12.4 Å². The molecule has 0 atom stereocenters. The topological polar surface area (TPSA) is 86.7 Å². The predicted molar refractivity (Wildman–Crippen MR) is 76.3 cm³/mol. The molecule has 0 N–H and O–H groups in total. The van der Waals surface area contributed by atoms with Crippen molar-refractivity contribution >= 4 is 17.3 Å². The fourth-order valence-electron chi connectivity index (χ4n) is 1.89. The van der Waals surface area contributed by atoms with E-state index in [4.69, 9.17) is 11.6 Å². The number of aromatic nitrogens is 4. The predicted octanol–water partition coefficient (Wildman–Crippen LogP) is 2.89. The van der Waals surface area contributed by atoms with E-state index in [1.165, 1.54) is 4.68 Å². The summed E-state index contributed by atoms with van der Waals surface area (Å²) in [7, 11) is 0. The highest BCUT2D eigenvalue weighted by atomic mass is 35.5. The van der Waals surface area contributed by atoms with Crippen LogP contribution >= 0.6 is 11.6 Å². The zero-order valence-corrected chi connectivity index (χ0v) is 11.3. The highest BCUT2D eigenvalue weighted by molar-refractivity contribution is 6.31. The second-order valence-corrected chi connectivity index (χ2v) is 4.49. The average molecular weight is 302 g/mol. The molecule has 0 aliphatic rings. The lowest BCUT2D eigenvalue weighted by molar-refractivity contribution is -0.385. The summed E-state index contributed by atoms with van der Waals surface area (Å²) in [5.41, 5.74) is 1.40. The Hall–Kier alpha value is -2.80. The smallest absolute Gasteiger partial charge is 0.258 e. The third-order valence-corrected chi connectivity index (χ3v) is 3.12. The zero-order chi connectivity index (χ0) is 14.8. The van der Waals surface area contributed by atoms with Crippen molar-refractivity contribution in [3.8, 4) is 16.9 Å². The van der Waals surface area contributed by atoms with E-state index in [0.29, 0.717) is 0 Å². The molecule has 0 spiro atoms. The van der Waals surface area contributed by atoms with Crippen LogP contribution in [0.15, 0.2) is 49.1 Å². The fourth-order valence-corrected chi connectivity index (χ4v) is 2.09. The van der Waals surface area contributed by atoms with Crippen molar-refractivity contribution in [3.05, 3.63) is 64.3 Å². The number of rotatable bonds is 3. The van der Waals surface area contributed by atoms with E-state index >= 15 is 0 Å². The van der Waals surface area contributed by atoms with Gasteiger partial charge in [-0.3, -0.25) is 10.1 Å². The summed E-state index contributed by atoms with van der Waals surface area (Å²) in [5, 5.41) is 15.0. The molecule has 0 fully saturated rings. The van der Waals surface area contributed by atoms with Crippen LogP contribution in [-0.2, 0) is 0 Å². The van der Waals surface area contributed by atoms with Gasteiger partial charge in [0, 0.05) is 11.8 Å². The molecule has 3 rings (SSSR count). The van der Waals surface area contributed by atoms with Gasteiger partial charge in [-0.25, -0.2) is 14.6 Å². The molecule has 21 heavy (non-hydrogen) atoms. The maximum absolute atomic E-state index is 11.1. The molecule has 2 aromatic heterocycles. The Balaban J connectivity index is 2.09. The monoisotopic (exact) mass is 301 g/mol. The minimum Gasteiger partial charge on any atom is -0.258 e. The second kappa shape index (κ2) is 5.29. The molecule has 0 amide bonds. The van der Waals surface area contributed by atoms with Crippen LogP contribution in [0.5, 0.6) is 0 Å². The van der Waals surface area contributed by atoms with Gasteiger partial charge in [0.05, 0.1) is 11.1 Å². The molecular formula is C13H8ClN5O2. The van der Waals surface area contributed by atoms with Crippen molar-refractivity contribution in [1.29, 1.82) is 0 Å². The summed E-state index contributed by atoms with van der Waals surface area (Å²) >= 11 is 5.76. The molecule has 104 valence electrons. The summed E-state index contributed by atoms with van der Waals surface area (Å²) in [6, 6.07) is 9.54. The first-order chi connectivity index (χ1) is 10.2. The second-order valence-electron chi connectivity index (χ2n) is 4.13. The third-order valence-electron chi connectivity index (χ3n) is 2.85. The lowest BCUT2D eigenvalue weighted by Gasteiger charge is -2.01. The summed E-state index contributed by atoms with van der Waals surface area (Å²) in [5.74, 6) is 0.0298. The van der Waals surface area contributed by atoms with E-state index in [0.717, 1.165) is 17.5 Å². The van der Waals surface area contributed by atoms with Crippen molar-refractivity contribution in [2.75, 3.05) is 0 Å². The van der Waals surface area contributed by atoms with E-state index in [9.17, 15) is 10.1 Å². The number of benzene rings is 1. The van der Waals surface area contributed by atoms with Crippen molar-refractivity contribution in [1.82, 2.24) is 19.7 Å². The van der Waals surface area contributed by atoms with Gasteiger partial charge in [-0.2, -0.15) is 5.10 Å². The first-order valence-corrected chi connectivity index (χ1v) is 6.30. The summed E-state index contributed by atoms with van der Waals surface area (Å²) < 4.78 is 1.31. The van der Waals surface area contributed by atoms with Crippen LogP contribution in [0.1, 0.15) is 0 Å². The molecule has 0 saturated carbocycles. The number of nitro groups is 1. The van der Waals surface area contributed by atoms with E-state index < -0.39 is 4.92 Å². The quantitative estimate of drug-likeness (QED) is 0.422. The van der Waals surface area contributed by atoms with Crippen molar-refractivity contribution in [2.24, 2.45) is 0 Å². The Labute approximate surface area is 124 Å². The molecule has 0 aliphatic carbocycles. The molecule has 0 radical (unpaired) electrons. The van der Waals surface area contributed by atoms with E-state index in [-0.39, 0.29) is 16.7 Å². The fraction of sp³-hybridized carbons (Fsp3) is 0. The normalized spacial score (nSPS) is 10.5. The Bertz CT molecular complexity index is 803. The van der Waals surface area contributed by atoms with Crippen LogP contribution in [-0.4, -0.2) is 24.7 Å². The molecule has 7 nitrogen and oxygen atoms in total. The SMILES string of the molecule is O=[N+]([O-])c1c(Cl)ncnc1-n1cc(-c2ccccc2)cn1. The largest absolute Gasteiger partial charge is 0.350 e. The Kier molecular flexibility index (Phi) is 3.33. The van der Waals surface area contributed by atoms with Crippen LogP contribution in [0.3, 0.4) is 0 Å². The molecule has 0 aliphatic heterocycles. The van der Waals surface area contributed by atoms with Gasteiger partial charge in [0.2, 0.25) is 11.0 Å². The Morgan fingerprint density at radius 1 is 1.14 bits per heavy atom. The molecular weight excluding hydrogens is 294 g/mol. The maximum atomic E-state index is 11.1. The van der Waals surface area contributed by atoms with Crippen LogP contribution in [0, 0.1) is 10.1 Å². The van der Waals surface area contributed by atoms with Crippen molar-refractivity contribution < 1.29 is 4.92 Å². The number of hydrogen-bond acceptors (Lipinski definition) is 5. The van der Waals surface area contributed by atoms with Gasteiger partial charge in [-0.05, 0) is 5.56 Å². The number of hydrogen-bond donors (Lipinski definition) is 0. The zero-order valence-electron chi connectivity index (χ0n) is 10.5. The van der Waals surface area contributed by atoms with Gasteiger partial charge in [-0.1, -0.05) is 41.9 Å². The van der Waals surface area contributed by atoms with Crippen LogP contribution in [0.2, 0.25) is 5.15 Å². The summed E-state index contributed by atoms with van der Waals surface area (Å²) in [6.07, 6.45) is 4.42. The molecule has 8 heteroatoms. The molecule has 2 heterocycles. The Morgan fingerprint density at radius 3 is 2.62 bits per heavy atom. The Morgan fingerprint density at radius 2 is 1.90 bits per heavy atom. The first kappa shape index (κ1) is 13.2. The van der Waals surface area contributed by atoms with Crippen LogP contribution < -0.4 is 0 Å². The molecule has 1 aromatic carbocycles. The highest BCUT2D eigenvalue weighted by Gasteiger charge is 2.23. The molecule has 3 aromatic rings.